The van der Waals surface area contributed by atoms with E-state index in [4.69, 9.17) is 11.6 Å². The first-order valence-electron chi connectivity index (χ1n) is 7.11. The molecule has 1 aromatic heterocycles. The quantitative estimate of drug-likeness (QED) is 0.509. The lowest BCUT2D eigenvalue weighted by atomic mass is 10.1. The van der Waals surface area contributed by atoms with Gasteiger partial charge in [0.05, 0.1) is 16.0 Å². The number of carbonyl (C=O) groups is 2. The second kappa shape index (κ2) is 7.34. The Bertz CT molecular complexity index is 907. The highest BCUT2D eigenvalue weighted by Gasteiger charge is 2.09. The van der Waals surface area contributed by atoms with Crippen LogP contribution in [0.15, 0.2) is 46.8 Å². The van der Waals surface area contributed by atoms with E-state index >= 15 is 0 Å². The average Bonchev–Trinajstić information content (AvgIpc) is 2.95. The molecule has 0 spiro atoms. The summed E-state index contributed by atoms with van der Waals surface area (Å²) in [4.78, 5) is 27.7. The zero-order valence-electron chi connectivity index (χ0n) is 12.7. The molecule has 3 rings (SSSR count). The maximum atomic E-state index is 12.0. The van der Waals surface area contributed by atoms with E-state index < -0.39 is 0 Å². The van der Waals surface area contributed by atoms with Gasteiger partial charge in [0.2, 0.25) is 5.91 Å². The van der Waals surface area contributed by atoms with Gasteiger partial charge in [-0.1, -0.05) is 23.4 Å². The van der Waals surface area contributed by atoms with Gasteiger partial charge in [-0.05, 0) is 49.4 Å². The number of halogens is 1. The normalized spacial score (nSPS) is 10.8. The van der Waals surface area contributed by atoms with Crippen molar-refractivity contribution in [3.05, 3.63) is 53.1 Å². The molecule has 1 heterocycles. The number of hydrogen-bond donors (Lipinski definition) is 1. The van der Waals surface area contributed by atoms with Crippen LogP contribution in [0.25, 0.3) is 10.2 Å². The third kappa shape index (κ3) is 4.14. The first-order chi connectivity index (χ1) is 11.5. The summed E-state index contributed by atoms with van der Waals surface area (Å²) in [7, 11) is 0. The maximum absolute atomic E-state index is 12.0. The van der Waals surface area contributed by atoms with Crippen molar-refractivity contribution < 1.29 is 9.59 Å². The number of nitrogens with zero attached hydrogens (tertiary/aromatic N) is 1. The Balaban J connectivity index is 1.59. The van der Waals surface area contributed by atoms with E-state index in [0.29, 0.717) is 16.3 Å². The number of benzene rings is 2. The van der Waals surface area contributed by atoms with Gasteiger partial charge in [0.1, 0.15) is 0 Å². The molecule has 7 heteroatoms. The van der Waals surface area contributed by atoms with Crippen molar-refractivity contribution in [2.75, 3.05) is 11.1 Å². The summed E-state index contributed by atoms with van der Waals surface area (Å²) in [5.74, 6) is 0.148. The number of fused-ring (bicyclic) bond motifs is 1. The Morgan fingerprint density at radius 2 is 1.96 bits per heavy atom. The average molecular weight is 377 g/mol. The largest absolute Gasteiger partial charge is 0.325 e. The predicted octanol–water partition coefficient (Wildman–Crippen LogP) is 4.88. The van der Waals surface area contributed by atoms with Crippen LogP contribution >= 0.6 is 34.7 Å². The van der Waals surface area contributed by atoms with E-state index in [1.54, 1.807) is 24.3 Å². The van der Waals surface area contributed by atoms with Crippen LogP contribution in [0.3, 0.4) is 0 Å². The molecule has 0 unspecified atom stereocenters. The number of thioether (sulfide) groups is 1. The van der Waals surface area contributed by atoms with Gasteiger partial charge < -0.3 is 5.32 Å². The number of hydrogen-bond acceptors (Lipinski definition) is 5. The first-order valence-corrected chi connectivity index (χ1v) is 9.29. The van der Waals surface area contributed by atoms with Crippen LogP contribution in [0.1, 0.15) is 17.3 Å². The SMILES string of the molecule is CC(=O)c1ccc(NC(=O)CSc2nc3cc(Cl)ccc3s2)cc1. The van der Waals surface area contributed by atoms with Crippen molar-refractivity contribution in [3.63, 3.8) is 0 Å². The van der Waals surface area contributed by atoms with Crippen LogP contribution in [0.5, 0.6) is 0 Å². The zero-order chi connectivity index (χ0) is 17.1. The zero-order valence-corrected chi connectivity index (χ0v) is 15.1. The summed E-state index contributed by atoms with van der Waals surface area (Å²) < 4.78 is 1.87. The maximum Gasteiger partial charge on any atom is 0.234 e. The van der Waals surface area contributed by atoms with Crippen LogP contribution in [0.2, 0.25) is 5.02 Å². The molecule has 2 aromatic carbocycles. The van der Waals surface area contributed by atoms with E-state index in [1.807, 2.05) is 18.2 Å². The molecule has 0 saturated carbocycles. The van der Waals surface area contributed by atoms with Crippen molar-refractivity contribution in [2.24, 2.45) is 0 Å². The standard InChI is InChI=1S/C17H13ClN2O2S2/c1-10(21)11-2-5-13(6-3-11)19-16(22)9-23-17-20-14-8-12(18)4-7-15(14)24-17/h2-8H,9H2,1H3,(H,19,22). The smallest absolute Gasteiger partial charge is 0.234 e. The number of thiazole rings is 1. The third-order valence-electron chi connectivity index (χ3n) is 3.23. The van der Waals surface area contributed by atoms with E-state index in [1.165, 1.54) is 30.0 Å². The minimum absolute atomic E-state index is 0.000582. The molecular formula is C17H13ClN2O2S2. The number of ketones is 1. The van der Waals surface area contributed by atoms with Crippen LogP contribution in [-0.2, 0) is 4.79 Å². The van der Waals surface area contributed by atoms with E-state index in [-0.39, 0.29) is 17.4 Å². The van der Waals surface area contributed by atoms with Gasteiger partial charge in [-0.25, -0.2) is 4.98 Å². The molecule has 0 saturated heterocycles. The van der Waals surface area contributed by atoms with Gasteiger partial charge in [-0.2, -0.15) is 0 Å². The van der Waals surface area contributed by atoms with Gasteiger partial charge >= 0.3 is 0 Å². The van der Waals surface area contributed by atoms with Crippen LogP contribution < -0.4 is 5.32 Å². The number of amides is 1. The Kier molecular flexibility index (Phi) is 5.18. The minimum atomic E-state index is -0.118. The summed E-state index contributed by atoms with van der Waals surface area (Å²) in [6.07, 6.45) is 0. The summed E-state index contributed by atoms with van der Waals surface area (Å²) in [5.41, 5.74) is 2.13. The second-order valence-electron chi connectivity index (χ2n) is 5.06. The summed E-state index contributed by atoms with van der Waals surface area (Å²) in [5, 5.41) is 3.46. The number of aromatic nitrogens is 1. The highest BCUT2D eigenvalue weighted by atomic mass is 35.5. The first kappa shape index (κ1) is 17.0. The Morgan fingerprint density at radius 3 is 2.67 bits per heavy atom. The Morgan fingerprint density at radius 1 is 1.21 bits per heavy atom. The Hall–Kier alpha value is -1.89. The minimum Gasteiger partial charge on any atom is -0.325 e. The molecule has 1 amide bonds. The van der Waals surface area contributed by atoms with Crippen molar-refractivity contribution in [1.82, 2.24) is 4.98 Å². The fourth-order valence-electron chi connectivity index (χ4n) is 2.05. The summed E-state index contributed by atoms with van der Waals surface area (Å²) in [6.45, 7) is 1.51. The molecule has 0 aliphatic heterocycles. The molecule has 3 aromatic rings. The van der Waals surface area contributed by atoms with Gasteiger partial charge in [-0.3, -0.25) is 9.59 Å². The van der Waals surface area contributed by atoms with Gasteiger partial charge in [0.15, 0.2) is 10.1 Å². The van der Waals surface area contributed by atoms with Crippen LogP contribution in [0, 0.1) is 0 Å². The number of Topliss-reactive ketones (excluding diaryl/α,β-unsaturated/α-hetero) is 1. The summed E-state index contributed by atoms with van der Waals surface area (Å²) >= 11 is 8.87. The van der Waals surface area contributed by atoms with E-state index in [0.717, 1.165) is 14.6 Å². The molecule has 1 N–H and O–H groups in total. The summed E-state index contributed by atoms with van der Waals surface area (Å²) in [6, 6.07) is 12.4. The highest BCUT2D eigenvalue weighted by molar-refractivity contribution is 8.01. The molecular weight excluding hydrogens is 364 g/mol. The Labute approximate surface area is 152 Å². The second-order valence-corrected chi connectivity index (χ2v) is 7.75. The number of carbonyl (C=O) groups excluding carboxylic acids is 2. The van der Waals surface area contributed by atoms with E-state index in [9.17, 15) is 9.59 Å². The molecule has 0 radical (unpaired) electrons. The molecule has 0 fully saturated rings. The van der Waals surface area contributed by atoms with Gasteiger partial charge in [-0.15, -0.1) is 11.3 Å². The fourth-order valence-corrected chi connectivity index (χ4v) is 4.07. The lowest BCUT2D eigenvalue weighted by molar-refractivity contribution is -0.113. The molecule has 4 nitrogen and oxygen atoms in total. The van der Waals surface area contributed by atoms with Crippen LogP contribution in [0.4, 0.5) is 5.69 Å². The van der Waals surface area contributed by atoms with Crippen molar-refractivity contribution in [3.8, 4) is 0 Å². The van der Waals surface area contributed by atoms with Gasteiger partial charge in [0, 0.05) is 16.3 Å². The van der Waals surface area contributed by atoms with Gasteiger partial charge in [0.25, 0.3) is 0 Å². The fraction of sp³-hybridized carbons (Fsp3) is 0.118. The lowest BCUT2D eigenvalue weighted by Gasteiger charge is -2.04. The molecule has 24 heavy (non-hydrogen) atoms. The number of nitrogens with one attached hydrogen (secondary N) is 1. The van der Waals surface area contributed by atoms with E-state index in [2.05, 4.69) is 10.3 Å². The number of rotatable bonds is 5. The molecule has 0 bridgehead atoms. The topological polar surface area (TPSA) is 59.1 Å². The molecule has 122 valence electrons. The highest BCUT2D eigenvalue weighted by Crippen LogP contribution is 2.31. The van der Waals surface area contributed by atoms with Crippen molar-refractivity contribution >= 4 is 62.3 Å². The van der Waals surface area contributed by atoms with Crippen molar-refractivity contribution in [1.29, 1.82) is 0 Å². The number of anilines is 1. The monoisotopic (exact) mass is 376 g/mol. The molecule has 0 aliphatic carbocycles. The van der Waals surface area contributed by atoms with Crippen molar-refractivity contribution in [2.45, 2.75) is 11.3 Å². The van der Waals surface area contributed by atoms with Crippen LogP contribution in [-0.4, -0.2) is 22.4 Å². The lowest BCUT2D eigenvalue weighted by Crippen LogP contribution is -2.13. The third-order valence-corrected chi connectivity index (χ3v) is 5.65. The molecule has 0 atom stereocenters. The molecule has 0 aliphatic rings. The predicted molar refractivity (Wildman–Crippen MR) is 100 cm³/mol.